The van der Waals surface area contributed by atoms with Gasteiger partial charge in [-0.2, -0.15) is 5.10 Å². The first kappa shape index (κ1) is 10.5. The largest absolute Gasteiger partial charge is 0.399 e. The molecular weight excluding hydrogens is 207 g/mol. The molecule has 0 unspecified atom stereocenters. The zero-order valence-electron chi connectivity index (χ0n) is 8.94. The molecule has 0 atom stereocenters. The third-order valence-electron chi connectivity index (χ3n) is 2.23. The van der Waals surface area contributed by atoms with Crippen molar-refractivity contribution in [3.63, 3.8) is 0 Å². The number of nitrogens with one attached hydrogen (secondary N) is 1. The molecule has 1 heterocycles. The highest BCUT2D eigenvalue weighted by atomic mass is 19.1. The molecule has 84 valence electrons. The second-order valence-corrected chi connectivity index (χ2v) is 3.62. The normalized spacial score (nSPS) is 10.4. The van der Waals surface area contributed by atoms with Crippen LogP contribution < -0.4 is 11.1 Å². The van der Waals surface area contributed by atoms with Gasteiger partial charge in [-0.3, -0.25) is 4.68 Å². The van der Waals surface area contributed by atoms with E-state index in [1.54, 1.807) is 23.0 Å². The van der Waals surface area contributed by atoms with Gasteiger partial charge in [0.1, 0.15) is 5.82 Å². The summed E-state index contributed by atoms with van der Waals surface area (Å²) in [6.45, 7) is 0.536. The van der Waals surface area contributed by atoms with Crippen LogP contribution >= 0.6 is 0 Å². The molecule has 0 radical (unpaired) electrons. The zero-order chi connectivity index (χ0) is 11.5. The molecule has 5 heteroatoms. The predicted molar refractivity (Wildman–Crippen MR) is 61.3 cm³/mol. The van der Waals surface area contributed by atoms with Gasteiger partial charge >= 0.3 is 0 Å². The fourth-order valence-electron chi connectivity index (χ4n) is 1.44. The number of nitrogen functional groups attached to an aromatic ring is 1. The Kier molecular flexibility index (Phi) is 2.76. The van der Waals surface area contributed by atoms with Crippen LogP contribution in [0.1, 0.15) is 5.56 Å². The van der Waals surface area contributed by atoms with E-state index in [0.29, 0.717) is 17.9 Å². The highest BCUT2D eigenvalue weighted by Crippen LogP contribution is 2.17. The third-order valence-corrected chi connectivity index (χ3v) is 2.23. The van der Waals surface area contributed by atoms with Gasteiger partial charge in [0, 0.05) is 31.0 Å². The first-order valence-corrected chi connectivity index (χ1v) is 4.91. The topological polar surface area (TPSA) is 55.9 Å². The number of hydrogen-bond donors (Lipinski definition) is 2. The summed E-state index contributed by atoms with van der Waals surface area (Å²) in [7, 11) is 1.84. The van der Waals surface area contributed by atoms with E-state index < -0.39 is 0 Å². The van der Waals surface area contributed by atoms with Gasteiger partial charge in [0.05, 0.1) is 11.9 Å². The molecule has 16 heavy (non-hydrogen) atoms. The van der Waals surface area contributed by atoms with Crippen LogP contribution in [-0.4, -0.2) is 9.78 Å². The van der Waals surface area contributed by atoms with Gasteiger partial charge in [-0.15, -0.1) is 0 Å². The Morgan fingerprint density at radius 1 is 1.50 bits per heavy atom. The Hall–Kier alpha value is -2.04. The Balaban J connectivity index is 2.04. The number of hydrogen-bond acceptors (Lipinski definition) is 3. The first-order chi connectivity index (χ1) is 7.65. The number of aromatic nitrogens is 2. The Bertz CT molecular complexity index is 492. The number of halogens is 1. The minimum Gasteiger partial charge on any atom is -0.399 e. The van der Waals surface area contributed by atoms with Gasteiger partial charge < -0.3 is 11.1 Å². The van der Waals surface area contributed by atoms with Gasteiger partial charge in [0.25, 0.3) is 0 Å². The summed E-state index contributed by atoms with van der Waals surface area (Å²) < 4.78 is 15.1. The van der Waals surface area contributed by atoms with E-state index in [9.17, 15) is 4.39 Å². The number of rotatable bonds is 3. The molecule has 0 aliphatic rings. The molecule has 1 aromatic heterocycles. The quantitative estimate of drug-likeness (QED) is 0.775. The lowest BCUT2D eigenvalue weighted by Crippen LogP contribution is -2.01. The zero-order valence-corrected chi connectivity index (χ0v) is 8.94. The van der Waals surface area contributed by atoms with Crippen LogP contribution in [0.5, 0.6) is 0 Å². The van der Waals surface area contributed by atoms with Crippen molar-refractivity contribution in [2.24, 2.45) is 7.05 Å². The van der Waals surface area contributed by atoms with E-state index in [1.807, 2.05) is 13.2 Å². The number of nitrogens with zero attached hydrogens (tertiary/aromatic N) is 2. The van der Waals surface area contributed by atoms with Gasteiger partial charge in [0.15, 0.2) is 0 Å². The summed E-state index contributed by atoms with van der Waals surface area (Å²) in [6, 6.07) is 4.58. The molecule has 0 amide bonds. The molecule has 2 rings (SSSR count). The van der Waals surface area contributed by atoms with E-state index in [-0.39, 0.29) is 5.82 Å². The SMILES string of the molecule is Cn1cc(CNc2ccc(N)cc2F)cn1. The minimum atomic E-state index is -0.344. The van der Waals surface area contributed by atoms with Crippen molar-refractivity contribution in [3.05, 3.63) is 42.0 Å². The standard InChI is InChI=1S/C11H13FN4/c1-16-7-8(6-15-16)5-14-11-3-2-9(13)4-10(11)12/h2-4,6-7,14H,5,13H2,1H3. The first-order valence-electron chi connectivity index (χ1n) is 4.91. The molecule has 4 nitrogen and oxygen atoms in total. The maximum Gasteiger partial charge on any atom is 0.148 e. The van der Waals surface area contributed by atoms with E-state index >= 15 is 0 Å². The summed E-state index contributed by atoms with van der Waals surface area (Å²) in [6.07, 6.45) is 3.62. The molecule has 0 fully saturated rings. The average Bonchev–Trinajstić information content (AvgIpc) is 2.63. The minimum absolute atomic E-state index is 0.344. The van der Waals surface area contributed by atoms with Gasteiger partial charge in [-0.25, -0.2) is 4.39 Å². The molecule has 3 N–H and O–H groups in total. The lowest BCUT2D eigenvalue weighted by molar-refractivity contribution is 0.631. The Morgan fingerprint density at radius 3 is 2.94 bits per heavy atom. The molecule has 2 aromatic rings. The highest BCUT2D eigenvalue weighted by Gasteiger charge is 2.02. The molecule has 0 aliphatic heterocycles. The van der Waals surface area contributed by atoms with Crippen molar-refractivity contribution in [2.45, 2.75) is 6.54 Å². The maximum absolute atomic E-state index is 13.4. The second-order valence-electron chi connectivity index (χ2n) is 3.62. The summed E-state index contributed by atoms with van der Waals surface area (Å²) >= 11 is 0. The smallest absolute Gasteiger partial charge is 0.148 e. The lowest BCUT2D eigenvalue weighted by atomic mass is 10.2. The molecule has 0 saturated carbocycles. The summed E-state index contributed by atoms with van der Waals surface area (Å²) in [5.41, 5.74) is 7.32. The van der Waals surface area contributed by atoms with E-state index in [2.05, 4.69) is 10.4 Å². The maximum atomic E-state index is 13.4. The van der Waals surface area contributed by atoms with Crippen LogP contribution in [0.4, 0.5) is 15.8 Å². The van der Waals surface area contributed by atoms with Crippen molar-refractivity contribution < 1.29 is 4.39 Å². The number of nitrogens with two attached hydrogens (primary N) is 1. The fourth-order valence-corrected chi connectivity index (χ4v) is 1.44. The van der Waals surface area contributed by atoms with E-state index in [1.165, 1.54) is 6.07 Å². The Morgan fingerprint density at radius 2 is 2.31 bits per heavy atom. The van der Waals surface area contributed by atoms with Crippen molar-refractivity contribution in [2.75, 3.05) is 11.1 Å². The molecule has 0 saturated heterocycles. The van der Waals surface area contributed by atoms with Crippen LogP contribution in [0, 0.1) is 5.82 Å². The van der Waals surface area contributed by atoms with E-state index in [0.717, 1.165) is 5.56 Å². The Labute approximate surface area is 92.9 Å². The van der Waals surface area contributed by atoms with Crippen LogP contribution in [0.25, 0.3) is 0 Å². The molecule has 0 bridgehead atoms. The van der Waals surface area contributed by atoms with Gasteiger partial charge in [-0.1, -0.05) is 0 Å². The van der Waals surface area contributed by atoms with Crippen LogP contribution in [0.3, 0.4) is 0 Å². The second kappa shape index (κ2) is 4.22. The molecule has 0 aliphatic carbocycles. The van der Waals surface area contributed by atoms with Crippen molar-refractivity contribution >= 4 is 11.4 Å². The third kappa shape index (κ3) is 2.31. The fraction of sp³-hybridized carbons (Fsp3) is 0.182. The highest BCUT2D eigenvalue weighted by molar-refractivity contribution is 5.52. The molecule has 1 aromatic carbocycles. The van der Waals surface area contributed by atoms with Crippen LogP contribution in [0.2, 0.25) is 0 Å². The number of anilines is 2. The molecular formula is C11H13FN4. The van der Waals surface area contributed by atoms with Gasteiger partial charge in [-0.05, 0) is 18.2 Å². The summed E-state index contributed by atoms with van der Waals surface area (Å²) in [5, 5.41) is 7.01. The summed E-state index contributed by atoms with van der Waals surface area (Å²) in [4.78, 5) is 0. The van der Waals surface area contributed by atoms with Crippen LogP contribution in [-0.2, 0) is 13.6 Å². The van der Waals surface area contributed by atoms with Crippen molar-refractivity contribution in [1.82, 2.24) is 9.78 Å². The van der Waals surface area contributed by atoms with Gasteiger partial charge in [0.2, 0.25) is 0 Å². The average molecular weight is 220 g/mol. The monoisotopic (exact) mass is 220 g/mol. The van der Waals surface area contributed by atoms with Crippen LogP contribution in [0.15, 0.2) is 30.6 Å². The number of benzene rings is 1. The summed E-state index contributed by atoms with van der Waals surface area (Å²) in [5.74, 6) is -0.344. The van der Waals surface area contributed by atoms with Crippen molar-refractivity contribution in [3.8, 4) is 0 Å². The van der Waals surface area contributed by atoms with Crippen molar-refractivity contribution in [1.29, 1.82) is 0 Å². The predicted octanol–water partition coefficient (Wildman–Crippen LogP) is 1.75. The lowest BCUT2D eigenvalue weighted by Gasteiger charge is -2.06. The number of aryl methyl sites for hydroxylation is 1. The molecule has 0 spiro atoms. The van der Waals surface area contributed by atoms with E-state index in [4.69, 9.17) is 5.73 Å².